The highest BCUT2D eigenvalue weighted by atomic mass is 16.5. The molecule has 1 atom stereocenters. The zero-order valence-electron chi connectivity index (χ0n) is 17.7. The average Bonchev–Trinajstić information content (AvgIpc) is 2.75. The maximum atomic E-state index is 12.6. The van der Waals surface area contributed by atoms with Crippen molar-refractivity contribution in [3.63, 3.8) is 0 Å². The molecule has 0 unspecified atom stereocenters. The zero-order chi connectivity index (χ0) is 20.6. The fourth-order valence-corrected chi connectivity index (χ4v) is 4.04. The minimum absolute atomic E-state index is 0.0453. The van der Waals surface area contributed by atoms with E-state index in [0.29, 0.717) is 12.5 Å². The van der Waals surface area contributed by atoms with Gasteiger partial charge in [-0.15, -0.1) is 0 Å². The summed E-state index contributed by atoms with van der Waals surface area (Å²) < 4.78 is 10.7. The van der Waals surface area contributed by atoms with Crippen molar-refractivity contribution in [2.24, 2.45) is 5.92 Å². The molecule has 1 heterocycles. The van der Waals surface area contributed by atoms with Crippen molar-refractivity contribution >= 4 is 5.91 Å². The Hall–Kier alpha value is -2.53. The van der Waals surface area contributed by atoms with Gasteiger partial charge in [-0.2, -0.15) is 0 Å². The van der Waals surface area contributed by atoms with Gasteiger partial charge in [0.15, 0.2) is 0 Å². The molecule has 0 radical (unpaired) electrons. The van der Waals surface area contributed by atoms with Gasteiger partial charge in [-0.25, -0.2) is 0 Å². The Morgan fingerprint density at radius 3 is 2.48 bits per heavy atom. The number of carbonyl (C=O) groups is 1. The van der Waals surface area contributed by atoms with Gasteiger partial charge in [0, 0.05) is 5.56 Å². The molecule has 3 rings (SSSR count). The van der Waals surface area contributed by atoms with E-state index < -0.39 is 0 Å². The zero-order valence-corrected chi connectivity index (χ0v) is 17.7. The van der Waals surface area contributed by atoms with E-state index in [2.05, 4.69) is 40.5 Å². The van der Waals surface area contributed by atoms with Crippen LogP contribution < -0.4 is 14.8 Å². The topological polar surface area (TPSA) is 50.8 Å². The molecule has 1 aliphatic rings. The van der Waals surface area contributed by atoms with Crippen molar-refractivity contribution in [3.05, 3.63) is 59.7 Å². The van der Waals surface area contributed by atoms with E-state index in [9.17, 15) is 4.79 Å². The molecule has 0 aliphatic carbocycles. The van der Waals surface area contributed by atoms with Crippen LogP contribution in [-0.4, -0.2) is 44.7 Å². The standard InChI is InChI=1S/C24H32N2O3/c1-18(22-16-21(28-2)9-10-23(22)29-3)25-24(27)17-26-13-11-20(12-14-26)15-19-7-5-4-6-8-19/h4-10,16,18,20H,11-15,17H2,1-3H3,(H,25,27)/t18-/m1/s1. The molecule has 2 aromatic rings. The van der Waals surface area contributed by atoms with Crippen molar-refractivity contribution in [3.8, 4) is 11.5 Å². The minimum Gasteiger partial charge on any atom is -0.497 e. The third kappa shape index (κ3) is 5.97. The number of hydrogen-bond acceptors (Lipinski definition) is 4. The Labute approximate surface area is 174 Å². The summed E-state index contributed by atoms with van der Waals surface area (Å²) in [5, 5.41) is 3.10. The molecule has 5 nitrogen and oxygen atoms in total. The van der Waals surface area contributed by atoms with Crippen molar-refractivity contribution in [1.82, 2.24) is 10.2 Å². The van der Waals surface area contributed by atoms with Crippen LogP contribution in [0.3, 0.4) is 0 Å². The molecule has 0 bridgehead atoms. The van der Waals surface area contributed by atoms with Gasteiger partial charge in [0.1, 0.15) is 11.5 Å². The van der Waals surface area contributed by atoms with E-state index in [1.807, 2.05) is 25.1 Å². The van der Waals surface area contributed by atoms with Gasteiger partial charge in [-0.1, -0.05) is 30.3 Å². The Morgan fingerprint density at radius 1 is 1.10 bits per heavy atom. The van der Waals surface area contributed by atoms with E-state index in [1.54, 1.807) is 14.2 Å². The number of methoxy groups -OCH3 is 2. The Morgan fingerprint density at radius 2 is 1.83 bits per heavy atom. The van der Waals surface area contributed by atoms with Gasteiger partial charge in [0.25, 0.3) is 0 Å². The molecule has 29 heavy (non-hydrogen) atoms. The summed E-state index contributed by atoms with van der Waals surface area (Å²) in [7, 11) is 3.27. The van der Waals surface area contributed by atoms with Gasteiger partial charge in [-0.05, 0) is 69.0 Å². The summed E-state index contributed by atoms with van der Waals surface area (Å²) >= 11 is 0. The second kappa shape index (κ2) is 10.3. The number of piperidine rings is 1. The Kier molecular flexibility index (Phi) is 7.53. The molecule has 156 valence electrons. The summed E-state index contributed by atoms with van der Waals surface area (Å²) in [4.78, 5) is 14.9. The SMILES string of the molecule is COc1ccc(OC)c([C@@H](C)NC(=O)CN2CCC(Cc3ccccc3)CC2)c1. The maximum Gasteiger partial charge on any atom is 0.234 e. The molecule has 1 fully saturated rings. The fourth-order valence-electron chi connectivity index (χ4n) is 4.04. The summed E-state index contributed by atoms with van der Waals surface area (Å²) in [6, 6.07) is 16.2. The van der Waals surface area contributed by atoms with Crippen LogP contribution in [0.15, 0.2) is 48.5 Å². The first kappa shape index (κ1) is 21.2. The summed E-state index contributed by atoms with van der Waals surface area (Å²) in [6.45, 7) is 4.36. The van der Waals surface area contributed by atoms with E-state index >= 15 is 0 Å². The molecule has 1 aliphatic heterocycles. The molecule has 0 aromatic heterocycles. The highest BCUT2D eigenvalue weighted by Gasteiger charge is 2.22. The number of carbonyl (C=O) groups excluding carboxylic acids is 1. The normalized spacial score (nSPS) is 16.2. The summed E-state index contributed by atoms with van der Waals surface area (Å²) in [5.74, 6) is 2.25. The second-order valence-corrected chi connectivity index (χ2v) is 7.81. The van der Waals surface area contributed by atoms with E-state index in [1.165, 1.54) is 5.56 Å². The van der Waals surface area contributed by atoms with Gasteiger partial charge < -0.3 is 14.8 Å². The molecule has 0 saturated carbocycles. The monoisotopic (exact) mass is 396 g/mol. The number of rotatable bonds is 8. The first-order valence-corrected chi connectivity index (χ1v) is 10.4. The molecule has 1 saturated heterocycles. The van der Waals surface area contributed by atoms with Crippen LogP contribution in [0.4, 0.5) is 0 Å². The number of benzene rings is 2. The number of ether oxygens (including phenoxy) is 2. The van der Waals surface area contributed by atoms with Crippen LogP contribution in [0.5, 0.6) is 11.5 Å². The highest BCUT2D eigenvalue weighted by Crippen LogP contribution is 2.29. The molecule has 2 aromatic carbocycles. The van der Waals surface area contributed by atoms with Gasteiger partial charge in [0.2, 0.25) is 5.91 Å². The van der Waals surface area contributed by atoms with E-state index in [4.69, 9.17) is 9.47 Å². The number of amides is 1. The van der Waals surface area contributed by atoms with Gasteiger partial charge in [-0.3, -0.25) is 9.69 Å². The first-order chi connectivity index (χ1) is 14.1. The third-order valence-corrected chi connectivity index (χ3v) is 5.72. The van der Waals surface area contributed by atoms with Crippen LogP contribution in [0, 0.1) is 5.92 Å². The van der Waals surface area contributed by atoms with Crippen LogP contribution in [0.25, 0.3) is 0 Å². The lowest BCUT2D eigenvalue weighted by Gasteiger charge is -2.32. The predicted octanol–water partition coefficient (Wildman–Crippen LogP) is 3.84. The largest absolute Gasteiger partial charge is 0.497 e. The van der Waals surface area contributed by atoms with E-state index in [-0.39, 0.29) is 11.9 Å². The molecule has 1 N–H and O–H groups in total. The quantitative estimate of drug-likeness (QED) is 0.737. The lowest BCUT2D eigenvalue weighted by atomic mass is 9.90. The molecule has 5 heteroatoms. The molecule has 0 spiro atoms. The average molecular weight is 397 g/mol. The lowest BCUT2D eigenvalue weighted by molar-refractivity contribution is -0.123. The van der Waals surface area contributed by atoms with Crippen LogP contribution in [0.2, 0.25) is 0 Å². The first-order valence-electron chi connectivity index (χ1n) is 10.4. The van der Waals surface area contributed by atoms with Gasteiger partial charge >= 0.3 is 0 Å². The van der Waals surface area contributed by atoms with Crippen molar-refractivity contribution < 1.29 is 14.3 Å². The van der Waals surface area contributed by atoms with Crippen LogP contribution >= 0.6 is 0 Å². The number of likely N-dealkylation sites (tertiary alicyclic amines) is 1. The van der Waals surface area contributed by atoms with Crippen LogP contribution in [0.1, 0.15) is 36.9 Å². The minimum atomic E-state index is -0.150. The van der Waals surface area contributed by atoms with E-state index in [0.717, 1.165) is 49.4 Å². The van der Waals surface area contributed by atoms with Crippen molar-refractivity contribution in [2.75, 3.05) is 33.9 Å². The highest BCUT2D eigenvalue weighted by molar-refractivity contribution is 5.78. The van der Waals surface area contributed by atoms with Crippen molar-refractivity contribution in [2.45, 2.75) is 32.2 Å². The lowest BCUT2D eigenvalue weighted by Crippen LogP contribution is -2.42. The fraction of sp³-hybridized carbons (Fsp3) is 0.458. The maximum absolute atomic E-state index is 12.6. The second-order valence-electron chi connectivity index (χ2n) is 7.81. The Balaban J connectivity index is 1.48. The van der Waals surface area contributed by atoms with Gasteiger partial charge in [0.05, 0.1) is 26.8 Å². The number of nitrogens with one attached hydrogen (secondary N) is 1. The molecule has 1 amide bonds. The Bertz CT molecular complexity index is 786. The smallest absolute Gasteiger partial charge is 0.234 e. The molecular formula is C24H32N2O3. The summed E-state index contributed by atoms with van der Waals surface area (Å²) in [5.41, 5.74) is 2.33. The number of nitrogens with zero attached hydrogens (tertiary/aromatic N) is 1. The third-order valence-electron chi connectivity index (χ3n) is 5.72. The summed E-state index contributed by atoms with van der Waals surface area (Å²) in [6.07, 6.45) is 3.41. The van der Waals surface area contributed by atoms with Crippen LogP contribution in [-0.2, 0) is 11.2 Å². The van der Waals surface area contributed by atoms with Crippen molar-refractivity contribution in [1.29, 1.82) is 0 Å². The predicted molar refractivity (Wildman–Crippen MR) is 115 cm³/mol. The number of hydrogen-bond donors (Lipinski definition) is 1. The molecular weight excluding hydrogens is 364 g/mol.